The third-order valence-electron chi connectivity index (χ3n) is 0. The molecule has 0 aromatic carbocycles. The van der Waals surface area contributed by atoms with Gasteiger partial charge in [0, 0.05) is 67.4 Å². The van der Waals surface area contributed by atoms with Crippen molar-refractivity contribution < 1.29 is 50.3 Å². The minimum absolute atomic E-state index is 0. The van der Waals surface area contributed by atoms with Crippen LogP contribution in [0.5, 0.6) is 0 Å². The van der Waals surface area contributed by atoms with Gasteiger partial charge in [-0.2, -0.15) is 0 Å². The van der Waals surface area contributed by atoms with E-state index in [0.29, 0.717) is 0 Å². The average molecular weight is 252 g/mol. The predicted octanol–water partition coefficient (Wildman–Crippen LogP) is -0.388. The van der Waals surface area contributed by atoms with Crippen LogP contribution in [0.2, 0.25) is 0 Å². The molecule has 33 valence electrons. The Morgan fingerprint density at radius 1 is 1.00 bits per heavy atom. The van der Waals surface area contributed by atoms with Crippen molar-refractivity contribution in [3.63, 3.8) is 0 Å². The van der Waals surface area contributed by atoms with E-state index < -0.39 is 0 Å². The third kappa shape index (κ3) is 8.97. The summed E-state index contributed by atoms with van der Waals surface area (Å²) in [6, 6.07) is 0. The Hall–Kier alpha value is 2.04. The van der Waals surface area contributed by atoms with Gasteiger partial charge in [0.05, 0.1) is 0 Å². The maximum Gasteiger partial charge on any atom is 0 e. The van der Waals surface area contributed by atoms with Gasteiger partial charge in [-0.1, -0.05) is 0 Å². The molecule has 0 saturated carbocycles. The minimum atomic E-state index is 0. The van der Waals surface area contributed by atoms with Crippen molar-refractivity contribution >= 4 is 17.1 Å². The maximum absolute atomic E-state index is 0. The molecule has 0 bridgehead atoms. The molecule has 0 aliphatic heterocycles. The zero-order chi connectivity index (χ0) is 0. The van der Waals surface area contributed by atoms with Crippen LogP contribution in [0.4, 0.5) is 0 Å². The summed E-state index contributed by atoms with van der Waals surface area (Å²) in [4.78, 5) is 0. The number of hydrogen-bond donors (Lipinski definition) is 0. The molecule has 0 rings (SSSR count). The summed E-state index contributed by atoms with van der Waals surface area (Å²) in [6.07, 6.45) is 0. The Labute approximate surface area is 66.9 Å². The second-order valence-electron chi connectivity index (χ2n) is 0. The molecule has 0 aromatic heterocycles. The number of hydrogen-bond acceptors (Lipinski definition) is 0. The number of rotatable bonds is 0. The van der Waals surface area contributed by atoms with Crippen LogP contribution in [-0.2, 0) is 50.3 Å². The third-order valence-corrected chi connectivity index (χ3v) is 0. The quantitative estimate of drug-likeness (QED) is 0.515. The predicted molar refractivity (Wildman–Crippen MR) is 5.75 cm³/mol. The van der Waals surface area contributed by atoms with Gasteiger partial charge in [0.25, 0.3) is 0 Å². The Kier molecular flexibility index (Phi) is 182. The fraction of sp³-hybridized carbons (Fsp3) is 0. The van der Waals surface area contributed by atoms with Gasteiger partial charge < -0.3 is 0 Å². The molecule has 4 heteroatoms. The van der Waals surface area contributed by atoms with Gasteiger partial charge in [-0.05, 0) is 0 Å². The van der Waals surface area contributed by atoms with Crippen LogP contribution in [0, 0.1) is 0 Å². The van der Waals surface area contributed by atoms with Crippen molar-refractivity contribution in [1.29, 1.82) is 0 Å². The normalized spacial score (nSPS) is 0. The molecule has 0 heterocycles. The zero-order valence-electron chi connectivity index (χ0n) is 1.41. The Bertz CT molecular complexity index is 8.00. The molecule has 0 aliphatic carbocycles. The van der Waals surface area contributed by atoms with E-state index in [0.717, 1.165) is 0 Å². The first-order chi connectivity index (χ1) is 0. The smallest absolute Gasteiger partial charge is 0 e. The van der Waals surface area contributed by atoms with E-state index in [1.807, 2.05) is 0 Å². The minimum Gasteiger partial charge on any atom is 0 e. The van der Waals surface area contributed by atoms with Gasteiger partial charge in [0.2, 0.25) is 0 Å². The van der Waals surface area contributed by atoms with Crippen molar-refractivity contribution in [2.45, 2.75) is 0 Å². The molecule has 3 radical (unpaired) electrons. The molecular formula is CoFeNiSe. The van der Waals surface area contributed by atoms with Gasteiger partial charge in [0.15, 0.2) is 0 Å². The summed E-state index contributed by atoms with van der Waals surface area (Å²) in [6.45, 7) is 0. The van der Waals surface area contributed by atoms with E-state index in [2.05, 4.69) is 0 Å². The van der Waals surface area contributed by atoms with Crippen molar-refractivity contribution in [2.75, 3.05) is 0 Å². The Morgan fingerprint density at radius 3 is 1.00 bits per heavy atom. The molecular weight excluding hydrogens is 252 g/mol. The first kappa shape index (κ1) is 36.9. The summed E-state index contributed by atoms with van der Waals surface area (Å²) in [5, 5.41) is 0. The first-order valence-electron chi connectivity index (χ1n) is 0. The SMILES string of the molecule is [Co].[Fe].[Ni].[Se]. The van der Waals surface area contributed by atoms with Gasteiger partial charge in [-0.25, -0.2) is 0 Å². The summed E-state index contributed by atoms with van der Waals surface area (Å²) in [5.74, 6) is 0. The topological polar surface area (TPSA) is 0 Å². The summed E-state index contributed by atoms with van der Waals surface area (Å²) < 4.78 is 0. The molecule has 0 aromatic rings. The van der Waals surface area contributed by atoms with E-state index >= 15 is 0 Å². The van der Waals surface area contributed by atoms with Crippen LogP contribution in [0.3, 0.4) is 0 Å². The largest absolute Gasteiger partial charge is 0 e. The van der Waals surface area contributed by atoms with Crippen molar-refractivity contribution in [1.82, 2.24) is 0 Å². The van der Waals surface area contributed by atoms with E-state index in [1.165, 1.54) is 0 Å². The maximum atomic E-state index is 0. The Balaban J connectivity index is 0. The van der Waals surface area contributed by atoms with E-state index in [1.54, 1.807) is 0 Å². The summed E-state index contributed by atoms with van der Waals surface area (Å²) >= 11 is 0. The van der Waals surface area contributed by atoms with Gasteiger partial charge in [0.1, 0.15) is 0 Å². The van der Waals surface area contributed by atoms with E-state index in [4.69, 9.17) is 0 Å². The first-order valence-corrected chi connectivity index (χ1v) is 0. The van der Waals surface area contributed by atoms with Crippen LogP contribution in [0.25, 0.3) is 0 Å². The zero-order valence-corrected chi connectivity index (χ0v) is 6.26. The molecule has 4 heavy (non-hydrogen) atoms. The van der Waals surface area contributed by atoms with Crippen molar-refractivity contribution in [2.24, 2.45) is 0 Å². The monoisotopic (exact) mass is 253 g/mol. The molecule has 0 spiro atoms. The molecule has 0 atom stereocenters. The van der Waals surface area contributed by atoms with Crippen LogP contribution < -0.4 is 0 Å². The molecule has 0 unspecified atom stereocenters. The van der Waals surface area contributed by atoms with Crippen molar-refractivity contribution in [3.8, 4) is 0 Å². The van der Waals surface area contributed by atoms with Crippen LogP contribution in [0.15, 0.2) is 0 Å². The second-order valence-corrected chi connectivity index (χ2v) is 0. The van der Waals surface area contributed by atoms with Crippen LogP contribution >= 0.6 is 0 Å². The summed E-state index contributed by atoms with van der Waals surface area (Å²) in [7, 11) is 0. The van der Waals surface area contributed by atoms with Gasteiger partial charge >= 0.3 is 0 Å². The Morgan fingerprint density at radius 2 is 1.00 bits per heavy atom. The van der Waals surface area contributed by atoms with Gasteiger partial charge in [-0.3, -0.25) is 0 Å². The fourth-order valence-corrected chi connectivity index (χ4v) is 0. The standard InChI is InChI=1S/Co.Fe.Ni.Se. The van der Waals surface area contributed by atoms with Gasteiger partial charge in [-0.15, -0.1) is 0 Å². The van der Waals surface area contributed by atoms with Crippen LogP contribution in [0.1, 0.15) is 0 Å². The second kappa shape index (κ2) is 19.8. The molecule has 0 saturated heterocycles. The van der Waals surface area contributed by atoms with Crippen molar-refractivity contribution in [3.05, 3.63) is 0 Å². The molecule has 0 nitrogen and oxygen atoms in total. The molecule has 0 fully saturated rings. The average Bonchev–Trinajstić information content (AvgIpc) is 0. The summed E-state index contributed by atoms with van der Waals surface area (Å²) in [5.41, 5.74) is 0. The molecule has 0 amide bonds. The van der Waals surface area contributed by atoms with E-state index in [-0.39, 0.29) is 67.4 Å². The molecule has 0 N–H and O–H groups in total. The van der Waals surface area contributed by atoms with E-state index in [9.17, 15) is 0 Å². The molecule has 0 aliphatic rings. The fourth-order valence-electron chi connectivity index (χ4n) is 0. The van der Waals surface area contributed by atoms with Crippen LogP contribution in [-0.4, -0.2) is 17.1 Å².